The van der Waals surface area contributed by atoms with Crippen molar-refractivity contribution in [3.63, 3.8) is 0 Å². The topological polar surface area (TPSA) is 210 Å². The number of carbonyl (C=O) groups excluding carboxylic acids is 5. The molecule has 0 radical (unpaired) electrons. The number of benzene rings is 2. The van der Waals surface area contributed by atoms with Gasteiger partial charge >= 0.3 is 6.18 Å². The Hall–Kier alpha value is -4.92. The highest BCUT2D eigenvalue weighted by Gasteiger charge is 2.44. The highest BCUT2D eigenvalue weighted by molar-refractivity contribution is 5.98. The lowest BCUT2D eigenvalue weighted by Gasteiger charge is -2.28. The number of rotatable bonds is 15. The number of nitrogens with one attached hydrogen (secondary N) is 4. The minimum Gasteiger partial charge on any atom is -0.382 e. The van der Waals surface area contributed by atoms with Crippen molar-refractivity contribution in [2.24, 2.45) is 17.4 Å². The Morgan fingerprint density at radius 3 is 2.11 bits per heavy atom. The molecule has 0 fully saturated rings. The second-order valence-corrected chi connectivity index (χ2v) is 11.7. The number of hydrogen-bond donors (Lipinski definition) is 7. The summed E-state index contributed by atoms with van der Waals surface area (Å²) in [5.74, 6) is -4.95. The van der Waals surface area contributed by atoms with Crippen molar-refractivity contribution in [2.45, 2.75) is 76.4 Å². The van der Waals surface area contributed by atoms with Crippen molar-refractivity contribution in [1.29, 1.82) is 0 Å². The largest absolute Gasteiger partial charge is 0.416 e. The van der Waals surface area contributed by atoms with Crippen molar-refractivity contribution < 1.29 is 42.3 Å². The van der Waals surface area contributed by atoms with Gasteiger partial charge in [-0.2, -0.15) is 13.2 Å². The molecule has 0 bridgehead atoms. The predicted molar refractivity (Wildman–Crippen MR) is 166 cm³/mol. The number of amides is 5. The van der Waals surface area contributed by atoms with Gasteiger partial charge in [-0.05, 0) is 49.1 Å². The lowest BCUT2D eigenvalue weighted by molar-refractivity contribution is -0.212. The number of aliphatic hydroxyl groups excluding tert-OH is 1. The van der Waals surface area contributed by atoms with Crippen molar-refractivity contribution >= 4 is 40.4 Å². The van der Waals surface area contributed by atoms with E-state index in [1.54, 1.807) is 54.6 Å². The highest BCUT2D eigenvalue weighted by Crippen LogP contribution is 2.29. The van der Waals surface area contributed by atoms with E-state index in [0.717, 1.165) is 0 Å². The Balaban J connectivity index is 1.82. The standard InChI is InChI=1S/C32H39F3N6O6/c1-16(2)26(23-15-20-14-19(28(37)44)9-10-21(20)39-23)31(47)41-24(13-18-7-5-4-6-8-18)30(46)38-17(3)29(45)40-22(11-12-25(36)42)27(43)32(33,34)35/h4-10,14-17,22,24,26-27,39,43H,11-13H2,1-3H3,(H2,36,42)(H2,37,44)(H,38,46)(H,40,45)(H,41,47)/t17-,22?,24-,26-,27?/m0/s1. The second-order valence-electron chi connectivity index (χ2n) is 11.7. The average Bonchev–Trinajstić information content (AvgIpc) is 3.40. The third kappa shape index (κ3) is 10.0. The summed E-state index contributed by atoms with van der Waals surface area (Å²) in [5.41, 5.74) is 12.6. The Morgan fingerprint density at radius 1 is 0.872 bits per heavy atom. The third-order valence-electron chi connectivity index (χ3n) is 7.62. The van der Waals surface area contributed by atoms with Gasteiger partial charge in [-0.15, -0.1) is 0 Å². The highest BCUT2D eigenvalue weighted by atomic mass is 19.4. The fraction of sp³-hybridized carbons (Fsp3) is 0.406. The molecule has 3 rings (SSSR count). The van der Waals surface area contributed by atoms with Crippen LogP contribution in [0.5, 0.6) is 0 Å². The molecule has 0 aliphatic carbocycles. The van der Waals surface area contributed by atoms with Crippen LogP contribution in [0.2, 0.25) is 0 Å². The van der Waals surface area contributed by atoms with Crippen molar-refractivity contribution in [1.82, 2.24) is 20.9 Å². The summed E-state index contributed by atoms with van der Waals surface area (Å²) in [5, 5.41) is 17.6. The van der Waals surface area contributed by atoms with E-state index >= 15 is 0 Å². The van der Waals surface area contributed by atoms with Gasteiger partial charge in [0.25, 0.3) is 0 Å². The molecule has 0 aliphatic rings. The maximum atomic E-state index is 13.8. The maximum absolute atomic E-state index is 13.8. The number of hydrogen-bond acceptors (Lipinski definition) is 6. The van der Waals surface area contributed by atoms with Crippen LogP contribution in [0.15, 0.2) is 54.6 Å². The number of halogens is 3. The molecule has 0 spiro atoms. The van der Waals surface area contributed by atoms with Gasteiger partial charge in [-0.25, -0.2) is 0 Å². The van der Waals surface area contributed by atoms with Crippen molar-refractivity contribution in [3.05, 3.63) is 71.4 Å². The first-order valence-electron chi connectivity index (χ1n) is 14.9. The lowest BCUT2D eigenvalue weighted by atomic mass is 9.91. The van der Waals surface area contributed by atoms with Crippen LogP contribution in [-0.4, -0.2) is 70.0 Å². The number of H-pyrrole nitrogens is 1. The van der Waals surface area contributed by atoms with Crippen molar-refractivity contribution in [2.75, 3.05) is 0 Å². The summed E-state index contributed by atoms with van der Waals surface area (Å²) in [4.78, 5) is 66.1. The zero-order valence-corrected chi connectivity index (χ0v) is 26.1. The summed E-state index contributed by atoms with van der Waals surface area (Å²) in [6, 6.07) is 10.7. The number of aromatic nitrogens is 1. The average molecular weight is 661 g/mol. The van der Waals surface area contributed by atoms with Gasteiger partial charge in [-0.1, -0.05) is 44.2 Å². The van der Waals surface area contributed by atoms with Gasteiger partial charge in [0.2, 0.25) is 29.5 Å². The van der Waals surface area contributed by atoms with Crippen molar-refractivity contribution in [3.8, 4) is 0 Å². The smallest absolute Gasteiger partial charge is 0.382 e. The summed E-state index contributed by atoms with van der Waals surface area (Å²) in [6.07, 6.45) is -9.21. The van der Waals surface area contributed by atoms with Crippen LogP contribution in [0.3, 0.4) is 0 Å². The predicted octanol–water partition coefficient (Wildman–Crippen LogP) is 1.91. The first-order valence-corrected chi connectivity index (χ1v) is 14.9. The van der Waals surface area contributed by atoms with Gasteiger partial charge in [0.05, 0.1) is 12.0 Å². The van der Waals surface area contributed by atoms with E-state index in [0.29, 0.717) is 27.7 Å². The normalized spacial score (nSPS) is 14.9. The number of aliphatic hydroxyl groups is 1. The second kappa shape index (κ2) is 15.6. The molecular formula is C32H39F3N6O6. The molecule has 15 heteroatoms. The Morgan fingerprint density at radius 2 is 1.53 bits per heavy atom. The molecule has 0 aliphatic heterocycles. The number of aromatic amines is 1. The minimum absolute atomic E-state index is 0.0142. The monoisotopic (exact) mass is 660 g/mol. The molecule has 12 nitrogen and oxygen atoms in total. The van der Waals surface area contributed by atoms with Crippen LogP contribution in [0.25, 0.3) is 10.9 Å². The Labute approximate surface area is 268 Å². The lowest BCUT2D eigenvalue weighted by Crippen LogP contribution is -2.57. The number of alkyl halides is 3. The van der Waals surface area contributed by atoms with Gasteiger partial charge in [0, 0.05) is 35.0 Å². The van der Waals surface area contributed by atoms with Crippen LogP contribution in [0.4, 0.5) is 13.2 Å². The molecular weight excluding hydrogens is 621 g/mol. The van der Waals surface area contributed by atoms with E-state index < -0.39 is 78.7 Å². The van der Waals surface area contributed by atoms with E-state index in [9.17, 15) is 42.3 Å². The zero-order valence-electron chi connectivity index (χ0n) is 26.1. The first-order chi connectivity index (χ1) is 22.0. The van der Waals surface area contributed by atoms with E-state index in [-0.39, 0.29) is 12.3 Å². The van der Waals surface area contributed by atoms with E-state index in [1.807, 2.05) is 19.2 Å². The van der Waals surface area contributed by atoms with E-state index in [1.165, 1.54) is 6.92 Å². The van der Waals surface area contributed by atoms with Crippen LogP contribution in [0, 0.1) is 5.92 Å². The minimum atomic E-state index is -5.10. The summed E-state index contributed by atoms with van der Waals surface area (Å²) < 4.78 is 39.7. The fourth-order valence-electron chi connectivity index (χ4n) is 5.12. The molecule has 5 amide bonds. The quantitative estimate of drug-likeness (QED) is 0.129. The van der Waals surface area contributed by atoms with Crippen LogP contribution < -0.4 is 27.4 Å². The van der Waals surface area contributed by atoms with Crippen LogP contribution in [0.1, 0.15) is 61.1 Å². The molecule has 1 aromatic heterocycles. The SMILES string of the molecule is CC(C)[C@H](C(=O)N[C@@H](Cc1ccccc1)C(=O)N[C@@H](C)C(=O)NC(CCC(N)=O)C(O)C(F)(F)F)c1cc2cc(C(N)=O)ccc2[nH]1. The summed E-state index contributed by atoms with van der Waals surface area (Å²) in [6.45, 7) is 4.85. The van der Waals surface area contributed by atoms with Gasteiger partial charge in [0.15, 0.2) is 6.10 Å². The maximum Gasteiger partial charge on any atom is 0.416 e. The number of nitrogens with two attached hydrogens (primary N) is 2. The fourth-order valence-corrected chi connectivity index (χ4v) is 5.12. The van der Waals surface area contributed by atoms with Crippen LogP contribution in [-0.2, 0) is 25.6 Å². The molecule has 254 valence electrons. The molecule has 5 atom stereocenters. The van der Waals surface area contributed by atoms with E-state index in [2.05, 4.69) is 15.6 Å². The third-order valence-corrected chi connectivity index (χ3v) is 7.62. The van der Waals surface area contributed by atoms with Crippen LogP contribution >= 0.6 is 0 Å². The Kier molecular flexibility index (Phi) is 12.1. The summed E-state index contributed by atoms with van der Waals surface area (Å²) >= 11 is 0. The van der Waals surface area contributed by atoms with Gasteiger partial charge in [0.1, 0.15) is 12.1 Å². The molecule has 47 heavy (non-hydrogen) atoms. The molecule has 0 saturated carbocycles. The molecule has 2 aromatic carbocycles. The number of primary amides is 2. The first kappa shape index (κ1) is 36.5. The number of fused-ring (bicyclic) bond motifs is 1. The van der Waals surface area contributed by atoms with E-state index in [4.69, 9.17) is 11.5 Å². The molecule has 9 N–H and O–H groups in total. The summed E-state index contributed by atoms with van der Waals surface area (Å²) in [7, 11) is 0. The molecule has 3 aromatic rings. The molecule has 1 heterocycles. The molecule has 2 unspecified atom stereocenters. The zero-order chi connectivity index (χ0) is 35.1. The van der Waals surface area contributed by atoms with Gasteiger partial charge in [-0.3, -0.25) is 24.0 Å². The van der Waals surface area contributed by atoms with Gasteiger partial charge < -0.3 is 37.5 Å². The molecule has 0 saturated heterocycles. The Bertz CT molecular complexity index is 1590. The number of carbonyl (C=O) groups is 5.